The lowest BCUT2D eigenvalue weighted by Gasteiger charge is -2.13. The van der Waals surface area contributed by atoms with E-state index in [4.69, 9.17) is 9.26 Å². The molecule has 0 aliphatic carbocycles. The molecule has 0 bridgehead atoms. The summed E-state index contributed by atoms with van der Waals surface area (Å²) in [5.74, 6) is -0.389. The molecule has 2 aromatic carbocycles. The van der Waals surface area contributed by atoms with Gasteiger partial charge in [0.2, 0.25) is 17.5 Å². The molecule has 3 rings (SSSR count). The number of benzene rings is 2. The number of hydrogen-bond acceptors (Lipinski definition) is 7. The van der Waals surface area contributed by atoms with Crippen LogP contribution in [0.3, 0.4) is 0 Å². The number of nitrogens with one attached hydrogen (secondary N) is 2. The number of thioether (sulfide) groups is 1. The van der Waals surface area contributed by atoms with E-state index in [1.807, 2.05) is 6.92 Å². The second-order valence-electron chi connectivity index (χ2n) is 6.54. The first kappa shape index (κ1) is 22.2. The molecular formula is C21H22N4O5S. The number of rotatable bonds is 8. The first-order valence-corrected chi connectivity index (χ1v) is 10.4. The van der Waals surface area contributed by atoms with Crippen LogP contribution in [0, 0.1) is 0 Å². The van der Waals surface area contributed by atoms with Crippen molar-refractivity contribution >= 4 is 35.0 Å². The minimum atomic E-state index is -0.619. The van der Waals surface area contributed by atoms with Gasteiger partial charge in [0.15, 0.2) is 5.95 Å². The maximum absolute atomic E-state index is 12.8. The van der Waals surface area contributed by atoms with Crippen molar-refractivity contribution in [3.05, 3.63) is 48.5 Å². The smallest absolute Gasteiger partial charge is 0.298 e. The molecule has 0 spiro atoms. The molecule has 162 valence electrons. The zero-order valence-corrected chi connectivity index (χ0v) is 18.1. The number of carbonyl (C=O) groups is 2. The van der Waals surface area contributed by atoms with Crippen molar-refractivity contribution in [1.29, 1.82) is 0 Å². The number of methoxy groups -OCH3 is 1. The van der Waals surface area contributed by atoms with Crippen LogP contribution in [0.2, 0.25) is 0 Å². The molecule has 10 heteroatoms. The van der Waals surface area contributed by atoms with Gasteiger partial charge in [-0.25, -0.2) is 0 Å². The number of anilines is 2. The molecule has 31 heavy (non-hydrogen) atoms. The van der Waals surface area contributed by atoms with Crippen molar-refractivity contribution in [3.63, 3.8) is 0 Å². The SMILES string of the molecule is CCC(Sc1c([O-])on[n+]1-c1ccc(OC)cc1)C(=O)Nc1ccc(NC(C)=O)cc1. The Morgan fingerprint density at radius 1 is 1.13 bits per heavy atom. The lowest BCUT2D eigenvalue weighted by Crippen LogP contribution is -2.36. The van der Waals surface area contributed by atoms with Gasteiger partial charge < -0.3 is 25.0 Å². The molecule has 1 aromatic heterocycles. The average Bonchev–Trinajstić information content (AvgIpc) is 3.13. The summed E-state index contributed by atoms with van der Waals surface area (Å²) < 4.78 is 11.3. The van der Waals surface area contributed by atoms with Crippen LogP contribution in [-0.2, 0) is 9.59 Å². The van der Waals surface area contributed by atoms with E-state index in [1.54, 1.807) is 55.6 Å². The van der Waals surface area contributed by atoms with Gasteiger partial charge in [-0.2, -0.15) is 0 Å². The lowest BCUT2D eigenvalue weighted by molar-refractivity contribution is -0.705. The van der Waals surface area contributed by atoms with E-state index in [0.717, 1.165) is 11.8 Å². The Labute approximate surface area is 183 Å². The van der Waals surface area contributed by atoms with Gasteiger partial charge in [-0.3, -0.25) is 9.59 Å². The van der Waals surface area contributed by atoms with Gasteiger partial charge in [-0.15, -0.1) is 0 Å². The van der Waals surface area contributed by atoms with Crippen LogP contribution in [0.1, 0.15) is 20.3 Å². The number of aromatic nitrogens is 2. The Morgan fingerprint density at radius 3 is 2.29 bits per heavy atom. The highest BCUT2D eigenvalue weighted by molar-refractivity contribution is 8.00. The molecule has 0 radical (unpaired) electrons. The van der Waals surface area contributed by atoms with Crippen molar-refractivity contribution in [2.45, 2.75) is 30.5 Å². The molecule has 3 aromatic rings. The zero-order valence-electron chi connectivity index (χ0n) is 17.2. The Hall–Kier alpha value is -3.53. The summed E-state index contributed by atoms with van der Waals surface area (Å²) in [6.07, 6.45) is 0.480. The average molecular weight is 442 g/mol. The first-order valence-electron chi connectivity index (χ1n) is 9.50. The monoisotopic (exact) mass is 442 g/mol. The highest BCUT2D eigenvalue weighted by atomic mass is 32.2. The van der Waals surface area contributed by atoms with Gasteiger partial charge in [-0.05, 0) is 59.3 Å². The molecule has 0 saturated carbocycles. The predicted molar refractivity (Wildman–Crippen MR) is 113 cm³/mol. The molecule has 2 N–H and O–H groups in total. The van der Waals surface area contributed by atoms with Crippen LogP contribution < -0.4 is 25.2 Å². The number of nitrogens with zero attached hydrogens (tertiary/aromatic N) is 2. The maximum Gasteiger partial charge on any atom is 0.298 e. The van der Waals surface area contributed by atoms with Crippen LogP contribution in [0.15, 0.2) is 58.1 Å². The summed E-state index contributed by atoms with van der Waals surface area (Å²) in [7, 11) is 1.56. The Morgan fingerprint density at radius 2 is 1.74 bits per heavy atom. The molecule has 0 aliphatic heterocycles. The molecule has 0 aliphatic rings. The number of hydrogen-bond donors (Lipinski definition) is 2. The second kappa shape index (κ2) is 9.98. The van der Waals surface area contributed by atoms with Crippen LogP contribution in [0.4, 0.5) is 11.4 Å². The zero-order chi connectivity index (χ0) is 22.4. The highest BCUT2D eigenvalue weighted by Crippen LogP contribution is 2.30. The topological polar surface area (TPSA) is 120 Å². The van der Waals surface area contributed by atoms with E-state index in [1.165, 1.54) is 11.6 Å². The van der Waals surface area contributed by atoms with Crippen LogP contribution in [-0.4, -0.2) is 29.4 Å². The molecule has 1 unspecified atom stereocenters. The van der Waals surface area contributed by atoms with Crippen LogP contribution in [0.25, 0.3) is 5.69 Å². The fraction of sp³-hybridized carbons (Fsp3) is 0.238. The standard InChI is InChI=1S/C21H21N4O5S/c1-4-18(19(27)23-15-7-5-14(6-8-15)22-13(2)26)31-20-21(28)30-24-25(20)16-9-11-17(29-3)12-10-16/h5-12,18,28H,4H2,1-3H3/q-1/p+1. The minimum absolute atomic E-state index is 0.175. The van der Waals surface area contributed by atoms with Crippen molar-refractivity contribution in [2.24, 2.45) is 0 Å². The van der Waals surface area contributed by atoms with Crippen molar-refractivity contribution in [1.82, 2.24) is 5.27 Å². The molecule has 9 nitrogen and oxygen atoms in total. The van der Waals surface area contributed by atoms with E-state index in [-0.39, 0.29) is 16.8 Å². The summed E-state index contributed by atoms with van der Waals surface area (Å²) in [5, 5.41) is 21.2. The Balaban J connectivity index is 1.74. The number of carbonyl (C=O) groups excluding carboxylic acids is 2. The van der Waals surface area contributed by atoms with Crippen molar-refractivity contribution in [3.8, 4) is 17.4 Å². The second-order valence-corrected chi connectivity index (χ2v) is 7.73. The Kier molecular flexibility index (Phi) is 7.14. The summed E-state index contributed by atoms with van der Waals surface area (Å²) in [4.78, 5) is 23.9. The normalized spacial score (nSPS) is 11.6. The van der Waals surface area contributed by atoms with E-state index in [0.29, 0.717) is 29.2 Å². The molecular weight excluding hydrogens is 420 g/mol. The van der Waals surface area contributed by atoms with Gasteiger partial charge >= 0.3 is 0 Å². The summed E-state index contributed by atoms with van der Waals surface area (Å²) in [5.41, 5.74) is 1.82. The molecule has 2 amide bonds. The van der Waals surface area contributed by atoms with Crippen LogP contribution >= 0.6 is 11.8 Å². The van der Waals surface area contributed by atoms with Gasteiger partial charge in [0, 0.05) is 30.4 Å². The summed E-state index contributed by atoms with van der Waals surface area (Å²) >= 11 is 1.09. The molecule has 1 heterocycles. The quantitative estimate of drug-likeness (QED) is 0.406. The number of amides is 2. The van der Waals surface area contributed by atoms with E-state index >= 15 is 0 Å². The first-order chi connectivity index (χ1) is 14.9. The van der Waals surface area contributed by atoms with E-state index in [2.05, 4.69) is 15.9 Å². The third-order valence-electron chi connectivity index (χ3n) is 4.28. The lowest BCUT2D eigenvalue weighted by atomic mass is 10.2. The Bertz CT molecular complexity index is 1050. The maximum atomic E-state index is 12.8. The van der Waals surface area contributed by atoms with Gasteiger partial charge in [0.1, 0.15) is 5.75 Å². The molecule has 0 fully saturated rings. The minimum Gasteiger partial charge on any atom is -0.538 e. The highest BCUT2D eigenvalue weighted by Gasteiger charge is 2.28. The van der Waals surface area contributed by atoms with Crippen molar-refractivity contribution < 1.29 is 28.6 Å². The largest absolute Gasteiger partial charge is 0.538 e. The molecule has 0 saturated heterocycles. The summed E-state index contributed by atoms with van der Waals surface area (Å²) in [6, 6.07) is 13.7. The van der Waals surface area contributed by atoms with E-state index < -0.39 is 11.2 Å². The number of ether oxygens (including phenoxy) is 1. The fourth-order valence-corrected chi connectivity index (χ4v) is 3.72. The fourth-order valence-electron chi connectivity index (χ4n) is 2.75. The van der Waals surface area contributed by atoms with Gasteiger partial charge in [-0.1, -0.05) is 6.92 Å². The van der Waals surface area contributed by atoms with Gasteiger partial charge in [0.25, 0.3) is 5.03 Å². The third-order valence-corrected chi connectivity index (χ3v) is 5.67. The molecule has 1 atom stereocenters. The van der Waals surface area contributed by atoms with Gasteiger partial charge in [0.05, 0.1) is 17.6 Å². The van der Waals surface area contributed by atoms with Crippen LogP contribution in [0.5, 0.6) is 11.7 Å². The van der Waals surface area contributed by atoms with Crippen molar-refractivity contribution in [2.75, 3.05) is 17.7 Å². The predicted octanol–water partition coefficient (Wildman–Crippen LogP) is 2.50. The van der Waals surface area contributed by atoms with E-state index in [9.17, 15) is 14.7 Å². The summed E-state index contributed by atoms with van der Waals surface area (Å²) in [6.45, 7) is 3.28. The third kappa shape index (κ3) is 5.54.